The van der Waals surface area contributed by atoms with Gasteiger partial charge in [0.2, 0.25) is 0 Å². The van der Waals surface area contributed by atoms with Crippen LogP contribution in [0.2, 0.25) is 0 Å². The lowest BCUT2D eigenvalue weighted by Crippen LogP contribution is -2.32. The van der Waals surface area contributed by atoms with E-state index in [1.165, 1.54) is 22.8 Å². The van der Waals surface area contributed by atoms with Gasteiger partial charge in [-0.1, -0.05) is 0 Å². The summed E-state index contributed by atoms with van der Waals surface area (Å²) in [4.78, 5) is 16.7. The molecule has 1 aliphatic rings. The Morgan fingerprint density at radius 1 is 1.33 bits per heavy atom. The molecule has 24 heavy (non-hydrogen) atoms. The molecule has 0 N–H and O–H groups in total. The standard InChI is InChI=1S/C15H15F3N2O3S/c1-24(22,23)10-4-5-11-12(7-10)19-13-9(8-15(16,17)18)3-2-6-20(13)14(11)21/h4-5,7,9H,2-3,6,8H2,1H3. The number of rotatable bonds is 2. The Kier molecular flexibility index (Phi) is 3.94. The Labute approximate surface area is 136 Å². The minimum Gasteiger partial charge on any atom is -0.296 e. The van der Waals surface area contributed by atoms with Crippen molar-refractivity contribution in [2.45, 2.75) is 42.8 Å². The van der Waals surface area contributed by atoms with Gasteiger partial charge in [0, 0.05) is 18.7 Å². The highest BCUT2D eigenvalue weighted by atomic mass is 32.2. The van der Waals surface area contributed by atoms with Crippen molar-refractivity contribution in [2.24, 2.45) is 0 Å². The zero-order valence-electron chi connectivity index (χ0n) is 12.8. The molecule has 2 aromatic rings. The van der Waals surface area contributed by atoms with Crippen LogP contribution in [0.15, 0.2) is 27.9 Å². The third kappa shape index (κ3) is 3.17. The Hall–Kier alpha value is -1.90. The molecule has 9 heteroatoms. The lowest BCUT2D eigenvalue weighted by atomic mass is 9.94. The third-order valence-electron chi connectivity index (χ3n) is 4.16. The Morgan fingerprint density at radius 2 is 2.04 bits per heavy atom. The first kappa shape index (κ1) is 16.9. The molecule has 1 aromatic heterocycles. The molecule has 1 aliphatic heterocycles. The summed E-state index contributed by atoms with van der Waals surface area (Å²) in [6.07, 6.45) is -3.61. The molecule has 0 bridgehead atoms. The largest absolute Gasteiger partial charge is 0.389 e. The quantitative estimate of drug-likeness (QED) is 0.826. The average molecular weight is 360 g/mol. The normalized spacial score (nSPS) is 18.6. The van der Waals surface area contributed by atoms with Crippen LogP contribution < -0.4 is 5.56 Å². The first-order valence-corrected chi connectivity index (χ1v) is 9.27. The number of fused-ring (bicyclic) bond motifs is 2. The van der Waals surface area contributed by atoms with E-state index < -0.39 is 33.9 Å². The van der Waals surface area contributed by atoms with Crippen molar-refractivity contribution in [1.29, 1.82) is 0 Å². The Morgan fingerprint density at radius 3 is 2.67 bits per heavy atom. The molecule has 0 spiro atoms. The van der Waals surface area contributed by atoms with E-state index in [2.05, 4.69) is 4.98 Å². The molecule has 1 aromatic carbocycles. The Bertz CT molecular complexity index is 964. The molecule has 0 amide bonds. The molecule has 1 unspecified atom stereocenters. The summed E-state index contributed by atoms with van der Waals surface area (Å²) in [7, 11) is -3.50. The highest BCUT2D eigenvalue weighted by Crippen LogP contribution is 2.36. The number of nitrogens with zero attached hydrogens (tertiary/aromatic N) is 2. The SMILES string of the molecule is CS(=O)(=O)c1ccc2c(=O)n3c(nc2c1)C(CC(F)(F)F)CCC3. The van der Waals surface area contributed by atoms with Crippen molar-refractivity contribution in [3.8, 4) is 0 Å². The molecule has 0 saturated carbocycles. The van der Waals surface area contributed by atoms with Crippen LogP contribution in [-0.4, -0.2) is 30.4 Å². The van der Waals surface area contributed by atoms with E-state index in [0.29, 0.717) is 19.4 Å². The van der Waals surface area contributed by atoms with Crippen LogP contribution in [0.1, 0.15) is 31.0 Å². The van der Waals surface area contributed by atoms with Crippen molar-refractivity contribution >= 4 is 20.7 Å². The predicted molar refractivity (Wildman–Crippen MR) is 81.8 cm³/mol. The summed E-state index contributed by atoms with van der Waals surface area (Å²) >= 11 is 0. The van der Waals surface area contributed by atoms with Gasteiger partial charge in [0.05, 0.1) is 22.2 Å². The molecule has 2 heterocycles. The first-order valence-electron chi connectivity index (χ1n) is 7.37. The van der Waals surface area contributed by atoms with Crippen molar-refractivity contribution < 1.29 is 21.6 Å². The topological polar surface area (TPSA) is 69.0 Å². The van der Waals surface area contributed by atoms with Gasteiger partial charge in [-0.05, 0) is 31.0 Å². The van der Waals surface area contributed by atoms with Crippen LogP contribution >= 0.6 is 0 Å². The number of hydrogen-bond donors (Lipinski definition) is 0. The van der Waals surface area contributed by atoms with Crippen molar-refractivity contribution in [2.75, 3.05) is 6.26 Å². The van der Waals surface area contributed by atoms with E-state index in [1.54, 1.807) is 0 Å². The van der Waals surface area contributed by atoms with Gasteiger partial charge in [0.15, 0.2) is 9.84 Å². The van der Waals surface area contributed by atoms with E-state index in [9.17, 15) is 26.4 Å². The first-order chi connectivity index (χ1) is 11.1. The molecular formula is C15H15F3N2O3S. The molecule has 0 radical (unpaired) electrons. The molecule has 1 atom stereocenters. The summed E-state index contributed by atoms with van der Waals surface area (Å²) in [5, 5.41) is 0.207. The van der Waals surface area contributed by atoms with Gasteiger partial charge in [0.1, 0.15) is 5.82 Å². The van der Waals surface area contributed by atoms with Crippen molar-refractivity contribution in [3.63, 3.8) is 0 Å². The van der Waals surface area contributed by atoms with Crippen LogP contribution in [0.25, 0.3) is 10.9 Å². The summed E-state index contributed by atoms with van der Waals surface area (Å²) in [5.74, 6) is -0.806. The number of halogens is 3. The zero-order valence-corrected chi connectivity index (χ0v) is 13.6. The van der Waals surface area contributed by atoms with Crippen molar-refractivity contribution in [3.05, 3.63) is 34.4 Å². The fraction of sp³-hybridized carbons (Fsp3) is 0.467. The number of aromatic nitrogens is 2. The van der Waals surface area contributed by atoms with E-state index in [0.717, 1.165) is 6.26 Å². The number of hydrogen-bond acceptors (Lipinski definition) is 4. The van der Waals surface area contributed by atoms with E-state index in [-0.39, 0.29) is 21.6 Å². The predicted octanol–water partition coefficient (Wildman–Crippen LogP) is 2.63. The van der Waals surface area contributed by atoms with Crippen LogP contribution in [0.3, 0.4) is 0 Å². The summed E-state index contributed by atoms with van der Waals surface area (Å²) in [6.45, 7) is 0.319. The molecule has 3 rings (SSSR count). The van der Waals surface area contributed by atoms with E-state index in [4.69, 9.17) is 0 Å². The lowest BCUT2D eigenvalue weighted by molar-refractivity contribution is -0.140. The smallest absolute Gasteiger partial charge is 0.296 e. The monoisotopic (exact) mass is 360 g/mol. The maximum Gasteiger partial charge on any atom is 0.389 e. The second kappa shape index (κ2) is 5.58. The highest BCUT2D eigenvalue weighted by Gasteiger charge is 2.36. The third-order valence-corrected chi connectivity index (χ3v) is 5.27. The van der Waals surface area contributed by atoms with Gasteiger partial charge in [-0.15, -0.1) is 0 Å². The van der Waals surface area contributed by atoms with Crippen molar-refractivity contribution in [1.82, 2.24) is 9.55 Å². The average Bonchev–Trinajstić information content (AvgIpc) is 2.45. The molecule has 130 valence electrons. The van der Waals surface area contributed by atoms with Crippen LogP contribution in [0, 0.1) is 0 Å². The summed E-state index contributed by atoms with van der Waals surface area (Å²) < 4.78 is 62.9. The van der Waals surface area contributed by atoms with E-state index in [1.807, 2.05) is 0 Å². The highest BCUT2D eigenvalue weighted by molar-refractivity contribution is 7.90. The minimum atomic E-state index is -4.35. The van der Waals surface area contributed by atoms with Gasteiger partial charge in [-0.3, -0.25) is 9.36 Å². The number of alkyl halides is 3. The minimum absolute atomic E-state index is 0.0185. The van der Waals surface area contributed by atoms with Gasteiger partial charge in [0.25, 0.3) is 5.56 Å². The molecule has 0 fully saturated rings. The number of sulfone groups is 1. The fourth-order valence-corrected chi connectivity index (χ4v) is 3.71. The molecule has 0 saturated heterocycles. The van der Waals surface area contributed by atoms with Crippen LogP contribution in [0.5, 0.6) is 0 Å². The molecule has 0 aliphatic carbocycles. The summed E-state index contributed by atoms with van der Waals surface area (Å²) in [5.41, 5.74) is -0.315. The molecule has 5 nitrogen and oxygen atoms in total. The molecular weight excluding hydrogens is 345 g/mol. The maximum atomic E-state index is 12.8. The zero-order chi connectivity index (χ0) is 17.7. The lowest BCUT2D eigenvalue weighted by Gasteiger charge is -2.26. The van der Waals surface area contributed by atoms with Crippen LogP contribution in [0.4, 0.5) is 13.2 Å². The Balaban J connectivity index is 2.21. The summed E-state index contributed by atoms with van der Waals surface area (Å²) in [6, 6.07) is 3.91. The second-order valence-corrected chi connectivity index (χ2v) is 8.05. The second-order valence-electron chi connectivity index (χ2n) is 6.04. The van der Waals surface area contributed by atoms with Gasteiger partial charge < -0.3 is 0 Å². The van der Waals surface area contributed by atoms with Gasteiger partial charge in [-0.25, -0.2) is 13.4 Å². The van der Waals surface area contributed by atoms with E-state index >= 15 is 0 Å². The van der Waals surface area contributed by atoms with Gasteiger partial charge in [-0.2, -0.15) is 13.2 Å². The number of benzene rings is 1. The van der Waals surface area contributed by atoms with Crippen LogP contribution in [-0.2, 0) is 16.4 Å². The van der Waals surface area contributed by atoms with Gasteiger partial charge >= 0.3 is 6.18 Å². The maximum absolute atomic E-state index is 12.8. The fourth-order valence-electron chi connectivity index (χ4n) is 3.07.